The fourth-order valence-corrected chi connectivity index (χ4v) is 25.4. The molecule has 0 amide bonds. The van der Waals surface area contributed by atoms with Crippen molar-refractivity contribution in [1.29, 1.82) is 0 Å². The van der Waals surface area contributed by atoms with Gasteiger partial charge in [-0.05, 0) is 42.7 Å². The highest BCUT2D eigenvalue weighted by Gasteiger charge is 2.45. The summed E-state index contributed by atoms with van der Waals surface area (Å²) in [5, 5.41) is 0. The fourth-order valence-electron chi connectivity index (χ4n) is 5.22. The molecular formula is C42H110BrF3IN3Si9. The topological polar surface area (TPSA) is 79.7 Å². The number of hydrogen-bond acceptors (Lipinski definition) is 2. The van der Waals surface area contributed by atoms with Crippen molar-refractivity contribution >= 4 is 90.0 Å². The van der Waals surface area contributed by atoms with E-state index < -0.39 is 70.4 Å². The van der Waals surface area contributed by atoms with Crippen LogP contribution >= 0.6 is 15.9 Å². The van der Waals surface area contributed by atoms with Crippen LogP contribution in [-0.2, 0) is 0 Å². The van der Waals surface area contributed by atoms with Gasteiger partial charge in [-0.2, -0.15) is 13.2 Å². The molecule has 1 saturated carbocycles. The van der Waals surface area contributed by atoms with Crippen molar-refractivity contribution in [2.45, 2.75) is 237 Å². The number of nitrogens with two attached hydrogens (primary N) is 2. The second-order valence-electron chi connectivity index (χ2n) is 25.6. The van der Waals surface area contributed by atoms with Crippen LogP contribution in [-0.4, -0.2) is 104 Å². The molecule has 1 aliphatic rings. The lowest BCUT2D eigenvalue weighted by molar-refractivity contribution is -0.367. The van der Waals surface area contributed by atoms with E-state index in [9.17, 15) is 13.2 Å². The molecule has 0 spiro atoms. The molecular weight excluding hydrogens is 1060 g/mol. The van der Waals surface area contributed by atoms with E-state index in [2.05, 4.69) is 177 Å². The van der Waals surface area contributed by atoms with Crippen molar-refractivity contribution in [3.8, 4) is 11.1 Å². The molecule has 0 saturated heterocycles. The number of rotatable bonds is 10. The van der Waals surface area contributed by atoms with Crippen molar-refractivity contribution in [2.75, 3.05) is 18.0 Å². The van der Waals surface area contributed by atoms with Crippen LogP contribution in [0.5, 0.6) is 0 Å². The third-order valence-corrected chi connectivity index (χ3v) is 32.8. The van der Waals surface area contributed by atoms with Gasteiger partial charge in [-0.25, -0.2) is 0 Å². The summed E-state index contributed by atoms with van der Waals surface area (Å²) in [4.78, 5) is 1.22. The quantitative estimate of drug-likeness (QED) is 0.0882. The molecule has 7 N–H and O–H groups in total. The van der Waals surface area contributed by atoms with Crippen molar-refractivity contribution in [2.24, 2.45) is 11.5 Å². The molecule has 0 heterocycles. The summed E-state index contributed by atoms with van der Waals surface area (Å²) in [6.07, 6.45) is 7.89. The average molecular weight is 1170 g/mol. The zero-order chi connectivity index (χ0) is 48.3. The summed E-state index contributed by atoms with van der Waals surface area (Å²) >= 11 is 3.43. The maximum Gasteiger partial charge on any atom is 0.360 e. The average Bonchev–Trinajstić information content (AvgIpc) is 2.95. The van der Waals surface area contributed by atoms with Gasteiger partial charge in [0.1, 0.15) is 17.6 Å². The lowest BCUT2D eigenvalue weighted by atomic mass is 9.96. The summed E-state index contributed by atoms with van der Waals surface area (Å²) in [5.74, 6) is -3.92. The highest BCUT2D eigenvalue weighted by molar-refractivity contribution is 9.09. The molecule has 17 heteroatoms. The normalized spacial score (nSPS) is 16.4. The van der Waals surface area contributed by atoms with E-state index in [0.717, 1.165) is 18.6 Å². The van der Waals surface area contributed by atoms with E-state index in [1.165, 1.54) is 75.2 Å². The van der Waals surface area contributed by atoms with Crippen LogP contribution in [0.15, 0.2) is 0 Å². The molecule has 0 radical (unpaired) electrons. The van der Waals surface area contributed by atoms with Crippen molar-refractivity contribution < 1.29 is 42.9 Å². The standard InChI is InChI=1S/C9H21NSi.C7H20Si2.2C6H17NSi.C6H14Si2.C4H11BrSi.C4H9F3Si.HI/c1-11(2,3)9-6-4-8(10)5-7-9;1-8(2,3)7-9(4,5)6;2*1-8(2,3)6-4-5-7;1-7-5-6-8(2,3)4;1-6(2,3)4-5;1-8(2,3)4(5,6)7;/h8-9H,4-7,10H2,1-3H3;7H2,1-6H3;2*4-7H2,1-3H3;7H2,1-4H3;4H2,1-3H3;1-3H3;1H. The van der Waals surface area contributed by atoms with Crippen LogP contribution in [0, 0.1) is 11.1 Å². The minimum atomic E-state index is -3.92. The maximum atomic E-state index is 11.6. The maximum absolute atomic E-state index is 11.6. The van der Waals surface area contributed by atoms with E-state index >= 15 is 0 Å². The third kappa shape index (κ3) is 78.0. The largest absolute Gasteiger partial charge is 1.00 e. The summed E-state index contributed by atoms with van der Waals surface area (Å²) in [5.41, 5.74) is 24.2. The molecule has 0 aromatic rings. The molecule has 0 unspecified atom stereocenters. The van der Waals surface area contributed by atoms with Crippen molar-refractivity contribution in [3.63, 3.8) is 0 Å². The Morgan fingerprint density at radius 3 is 1.07 bits per heavy atom. The highest BCUT2D eigenvalue weighted by atomic mass is 127. The first-order valence-corrected chi connectivity index (χ1v) is 54.9. The SMILES string of the molecule is C[SiH2]C#C[Si](C)(C)C.C[Si](C)(C)C(F)(F)F.C[Si](C)(C)C1CCC(N)CC1.C[Si](C)(C)CBr.C[Si](C)(C)CCCN.C[Si](C)(C)CCC[NH3+].C[Si](C)(C)C[Si](C)(C)C.[I-]. The smallest absolute Gasteiger partial charge is 0.360 e. The van der Waals surface area contributed by atoms with Crippen LogP contribution in [0.1, 0.15) is 38.5 Å². The molecule has 0 bridgehead atoms. The second kappa shape index (κ2) is 35.6. The highest BCUT2D eigenvalue weighted by Crippen LogP contribution is 2.36. The molecule has 3 nitrogen and oxygen atoms in total. The summed E-state index contributed by atoms with van der Waals surface area (Å²) < 4.78 is 34.9. The van der Waals surface area contributed by atoms with Crippen LogP contribution < -0.4 is 41.2 Å². The Labute approximate surface area is 407 Å². The van der Waals surface area contributed by atoms with Gasteiger partial charge in [0.05, 0.1) is 14.6 Å². The number of quaternary nitrogens is 1. The summed E-state index contributed by atoms with van der Waals surface area (Å²) in [7, 11) is -8.35. The molecule has 0 aliphatic heterocycles. The van der Waals surface area contributed by atoms with Crippen molar-refractivity contribution in [3.05, 3.63) is 0 Å². The fraction of sp³-hybridized carbons (Fsp3) is 0.952. The molecule has 0 aromatic carbocycles. The van der Waals surface area contributed by atoms with Crippen LogP contribution in [0.25, 0.3) is 0 Å². The minimum Gasteiger partial charge on any atom is -1.00 e. The first-order valence-electron chi connectivity index (χ1n) is 22.6. The first kappa shape index (κ1) is 75.7. The molecule has 0 atom stereocenters. The van der Waals surface area contributed by atoms with Gasteiger partial charge in [-0.3, -0.25) is 0 Å². The Morgan fingerprint density at radius 1 is 0.627 bits per heavy atom. The number of hydrogen-bond donors (Lipinski definition) is 3. The minimum absolute atomic E-state index is 0. The zero-order valence-electron chi connectivity index (χ0n) is 44.6. The van der Waals surface area contributed by atoms with Crippen molar-refractivity contribution in [1.82, 2.24) is 0 Å². The summed E-state index contributed by atoms with van der Waals surface area (Å²) in [6, 6.07) is 3.34. The Balaban J connectivity index is -0.000000107. The van der Waals surface area contributed by atoms with Gasteiger partial charge in [0, 0.05) is 46.4 Å². The van der Waals surface area contributed by atoms with Gasteiger partial charge in [-0.1, -0.05) is 210 Å². The Bertz CT molecular complexity index is 975. The van der Waals surface area contributed by atoms with Gasteiger partial charge in [-0.15, -0.1) is 11.1 Å². The van der Waals surface area contributed by atoms with E-state index in [4.69, 9.17) is 11.5 Å². The van der Waals surface area contributed by atoms with Crippen LogP contribution in [0.2, 0.25) is 187 Å². The van der Waals surface area contributed by atoms with Gasteiger partial charge >= 0.3 is 5.80 Å². The Hall–Kier alpha value is 2.39. The van der Waals surface area contributed by atoms with Gasteiger partial charge < -0.3 is 41.2 Å². The van der Waals surface area contributed by atoms with E-state index in [1.54, 1.807) is 5.67 Å². The lowest BCUT2D eigenvalue weighted by Crippen LogP contribution is -3.00. The molecule has 59 heavy (non-hydrogen) atoms. The van der Waals surface area contributed by atoms with E-state index in [-0.39, 0.29) is 33.5 Å². The molecule has 1 aliphatic carbocycles. The summed E-state index contributed by atoms with van der Waals surface area (Å²) in [6.45, 7) is 58.5. The number of halogens is 5. The van der Waals surface area contributed by atoms with Gasteiger partial charge in [0.25, 0.3) is 0 Å². The monoisotopic (exact) mass is 1170 g/mol. The lowest BCUT2D eigenvalue weighted by Gasteiger charge is -2.34. The first-order chi connectivity index (χ1) is 25.2. The van der Waals surface area contributed by atoms with E-state index in [1.807, 2.05) is 0 Å². The van der Waals surface area contributed by atoms with Crippen LogP contribution in [0.3, 0.4) is 0 Å². The van der Waals surface area contributed by atoms with E-state index in [0.29, 0.717) is 6.04 Å². The Morgan fingerprint density at radius 2 is 0.949 bits per heavy atom. The van der Waals surface area contributed by atoms with Gasteiger partial charge in [0.2, 0.25) is 0 Å². The zero-order valence-corrected chi connectivity index (χ0v) is 57.8. The van der Waals surface area contributed by atoms with Gasteiger partial charge in [0.15, 0.2) is 8.07 Å². The number of alkyl halides is 4. The second-order valence-corrected chi connectivity index (χ2v) is 72.0. The molecule has 1 rings (SSSR count). The molecule has 364 valence electrons. The Kier molecular flexibility index (Phi) is 45.6. The third-order valence-electron chi connectivity index (χ3n) is 8.26. The molecule has 1 fully saturated rings. The molecule has 0 aromatic heterocycles. The van der Waals surface area contributed by atoms with Crippen LogP contribution in [0.4, 0.5) is 13.2 Å². The predicted molar refractivity (Wildman–Crippen MR) is 299 cm³/mol. The predicted octanol–water partition coefficient (Wildman–Crippen LogP) is 11.2.